The van der Waals surface area contributed by atoms with Crippen LogP contribution in [0.2, 0.25) is 0 Å². The molecular formula is C11H18O. The minimum atomic E-state index is 0.260. The van der Waals surface area contributed by atoms with E-state index in [2.05, 4.69) is 31.2 Å². The maximum absolute atomic E-state index is 5.14. The predicted octanol–water partition coefficient (Wildman–Crippen LogP) is 2.93. The first-order valence-electron chi connectivity index (χ1n) is 4.69. The van der Waals surface area contributed by atoms with E-state index in [-0.39, 0.29) is 6.10 Å². The molecule has 68 valence electrons. The largest absolute Gasteiger partial charge is 0.378 e. The van der Waals surface area contributed by atoms with E-state index >= 15 is 0 Å². The number of allylic oxidation sites excluding steroid dienone is 3. The highest BCUT2D eigenvalue weighted by molar-refractivity contribution is 5.00. The molecule has 0 amide bonds. The summed E-state index contributed by atoms with van der Waals surface area (Å²) in [5.41, 5.74) is 0. The zero-order valence-corrected chi connectivity index (χ0v) is 7.99. The lowest BCUT2D eigenvalue weighted by Crippen LogP contribution is -2.03. The van der Waals surface area contributed by atoms with E-state index in [9.17, 15) is 0 Å². The molecule has 0 heterocycles. The third-order valence-electron chi connectivity index (χ3n) is 2.34. The van der Waals surface area contributed by atoms with Gasteiger partial charge in [-0.15, -0.1) is 0 Å². The first-order chi connectivity index (χ1) is 5.83. The zero-order chi connectivity index (χ0) is 8.81. The number of ether oxygens (including phenoxy) is 1. The maximum atomic E-state index is 5.14. The van der Waals surface area contributed by atoms with Crippen LogP contribution in [0.5, 0.6) is 0 Å². The fraction of sp³-hybridized carbons (Fsp3) is 0.636. The molecule has 0 saturated carbocycles. The van der Waals surface area contributed by atoms with E-state index in [0.29, 0.717) is 0 Å². The van der Waals surface area contributed by atoms with Crippen molar-refractivity contribution >= 4 is 0 Å². The van der Waals surface area contributed by atoms with Crippen LogP contribution in [0.4, 0.5) is 0 Å². The van der Waals surface area contributed by atoms with Gasteiger partial charge in [0.15, 0.2) is 0 Å². The van der Waals surface area contributed by atoms with Crippen LogP contribution in [0.15, 0.2) is 24.3 Å². The van der Waals surface area contributed by atoms with Crippen LogP contribution in [0.25, 0.3) is 0 Å². The third-order valence-corrected chi connectivity index (χ3v) is 2.34. The Morgan fingerprint density at radius 2 is 2.33 bits per heavy atom. The lowest BCUT2D eigenvalue weighted by Gasteiger charge is -2.13. The second kappa shape index (κ2) is 5.15. The molecule has 1 heteroatoms. The van der Waals surface area contributed by atoms with Gasteiger partial charge in [0, 0.05) is 7.11 Å². The maximum Gasteiger partial charge on any atom is 0.0723 e. The number of hydrogen-bond donors (Lipinski definition) is 0. The molecule has 2 atom stereocenters. The van der Waals surface area contributed by atoms with Gasteiger partial charge in [-0.05, 0) is 32.1 Å². The second-order valence-electron chi connectivity index (χ2n) is 3.37. The van der Waals surface area contributed by atoms with Crippen molar-refractivity contribution in [2.45, 2.75) is 32.3 Å². The minimum absolute atomic E-state index is 0.260. The van der Waals surface area contributed by atoms with Gasteiger partial charge in [0.05, 0.1) is 6.10 Å². The van der Waals surface area contributed by atoms with Gasteiger partial charge in [-0.25, -0.2) is 0 Å². The van der Waals surface area contributed by atoms with Crippen molar-refractivity contribution < 1.29 is 4.74 Å². The van der Waals surface area contributed by atoms with Crippen LogP contribution >= 0.6 is 0 Å². The van der Waals surface area contributed by atoms with E-state index in [4.69, 9.17) is 4.74 Å². The van der Waals surface area contributed by atoms with Crippen molar-refractivity contribution in [3.05, 3.63) is 24.3 Å². The van der Waals surface area contributed by atoms with Crippen molar-refractivity contribution in [2.75, 3.05) is 7.11 Å². The van der Waals surface area contributed by atoms with Crippen LogP contribution in [-0.2, 0) is 4.74 Å². The third kappa shape index (κ3) is 3.22. The van der Waals surface area contributed by atoms with Crippen molar-refractivity contribution in [3.63, 3.8) is 0 Å². The van der Waals surface area contributed by atoms with E-state index in [1.807, 2.05) is 0 Å². The van der Waals surface area contributed by atoms with Gasteiger partial charge in [0.1, 0.15) is 0 Å². The van der Waals surface area contributed by atoms with Crippen LogP contribution in [0.3, 0.4) is 0 Å². The van der Waals surface area contributed by atoms with Crippen molar-refractivity contribution in [1.82, 2.24) is 0 Å². The molecule has 1 aliphatic rings. The Hall–Kier alpha value is -0.560. The molecule has 0 saturated heterocycles. The molecule has 12 heavy (non-hydrogen) atoms. The number of rotatable bonds is 3. The number of hydrogen-bond acceptors (Lipinski definition) is 1. The molecule has 0 spiro atoms. The summed E-state index contributed by atoms with van der Waals surface area (Å²) < 4.78 is 5.14. The predicted molar refractivity (Wildman–Crippen MR) is 52.1 cm³/mol. The highest BCUT2D eigenvalue weighted by atomic mass is 16.5. The summed E-state index contributed by atoms with van der Waals surface area (Å²) in [5.74, 6) is 0.743. The van der Waals surface area contributed by atoms with Gasteiger partial charge in [0.2, 0.25) is 0 Å². The standard InChI is InChI=1S/C11H18O/c1-10(12-2)8-9-11-6-4-3-5-7-11/h3-4,8-11H,5-7H2,1-2H3/b9-8+. The van der Waals surface area contributed by atoms with E-state index in [1.165, 1.54) is 19.3 Å². The molecule has 0 bridgehead atoms. The molecule has 1 aliphatic carbocycles. The van der Waals surface area contributed by atoms with Gasteiger partial charge in [-0.1, -0.05) is 24.3 Å². The summed E-state index contributed by atoms with van der Waals surface area (Å²) in [6.45, 7) is 2.06. The first kappa shape index (κ1) is 9.53. The summed E-state index contributed by atoms with van der Waals surface area (Å²) in [4.78, 5) is 0. The first-order valence-corrected chi connectivity index (χ1v) is 4.69. The summed E-state index contributed by atoms with van der Waals surface area (Å²) in [6.07, 6.45) is 13.0. The van der Waals surface area contributed by atoms with Gasteiger partial charge >= 0.3 is 0 Å². The molecule has 0 radical (unpaired) electrons. The van der Waals surface area contributed by atoms with Gasteiger partial charge in [-0.2, -0.15) is 0 Å². The quantitative estimate of drug-likeness (QED) is 0.586. The SMILES string of the molecule is COC(C)/C=C/C1CC=CCC1. The molecule has 1 rings (SSSR count). The summed E-state index contributed by atoms with van der Waals surface area (Å²) >= 11 is 0. The van der Waals surface area contributed by atoms with E-state index in [1.54, 1.807) is 7.11 Å². The zero-order valence-electron chi connectivity index (χ0n) is 7.99. The Bertz CT molecular complexity index is 170. The van der Waals surface area contributed by atoms with Crippen molar-refractivity contribution in [1.29, 1.82) is 0 Å². The topological polar surface area (TPSA) is 9.23 Å². The smallest absolute Gasteiger partial charge is 0.0723 e. The average Bonchev–Trinajstić information content (AvgIpc) is 2.16. The monoisotopic (exact) mass is 166 g/mol. The highest BCUT2D eigenvalue weighted by Gasteiger charge is 2.05. The molecule has 1 nitrogen and oxygen atoms in total. The summed E-state index contributed by atoms with van der Waals surface area (Å²) in [6, 6.07) is 0. The Balaban J connectivity index is 2.29. The number of methoxy groups -OCH3 is 1. The Morgan fingerprint density at radius 3 is 2.92 bits per heavy atom. The molecule has 0 aromatic rings. The highest BCUT2D eigenvalue weighted by Crippen LogP contribution is 2.19. The molecule has 0 aromatic heterocycles. The van der Waals surface area contributed by atoms with Gasteiger partial charge in [-0.3, -0.25) is 0 Å². The van der Waals surface area contributed by atoms with Crippen molar-refractivity contribution in [3.8, 4) is 0 Å². The van der Waals surface area contributed by atoms with Crippen LogP contribution in [0.1, 0.15) is 26.2 Å². The van der Waals surface area contributed by atoms with Crippen LogP contribution < -0.4 is 0 Å². The van der Waals surface area contributed by atoms with E-state index < -0.39 is 0 Å². The molecule has 0 N–H and O–H groups in total. The van der Waals surface area contributed by atoms with Gasteiger partial charge in [0.25, 0.3) is 0 Å². The minimum Gasteiger partial charge on any atom is -0.378 e. The Morgan fingerprint density at radius 1 is 1.50 bits per heavy atom. The summed E-state index contributed by atoms with van der Waals surface area (Å²) in [7, 11) is 1.75. The Kier molecular flexibility index (Phi) is 4.09. The van der Waals surface area contributed by atoms with E-state index in [0.717, 1.165) is 5.92 Å². The summed E-state index contributed by atoms with van der Waals surface area (Å²) in [5, 5.41) is 0. The van der Waals surface area contributed by atoms with Crippen molar-refractivity contribution in [2.24, 2.45) is 5.92 Å². The second-order valence-corrected chi connectivity index (χ2v) is 3.37. The molecule has 2 unspecified atom stereocenters. The average molecular weight is 166 g/mol. The molecule has 0 aliphatic heterocycles. The Labute approximate surface area is 75.1 Å². The lowest BCUT2D eigenvalue weighted by molar-refractivity contribution is 0.155. The molecular weight excluding hydrogens is 148 g/mol. The molecule has 0 aromatic carbocycles. The van der Waals surface area contributed by atoms with Gasteiger partial charge < -0.3 is 4.74 Å². The molecule has 0 fully saturated rings. The fourth-order valence-corrected chi connectivity index (χ4v) is 1.38. The normalized spacial score (nSPS) is 26.3. The van der Waals surface area contributed by atoms with Crippen LogP contribution in [0, 0.1) is 5.92 Å². The fourth-order valence-electron chi connectivity index (χ4n) is 1.38. The lowest BCUT2D eigenvalue weighted by atomic mass is 9.94. The van der Waals surface area contributed by atoms with Crippen LogP contribution in [-0.4, -0.2) is 13.2 Å².